The molecule has 0 aromatic carbocycles. The number of nitrogens with zero attached hydrogens (tertiary/aromatic N) is 2. The fourth-order valence-electron chi connectivity index (χ4n) is 3.45. The molecule has 1 amide bonds. The van der Waals surface area contributed by atoms with Gasteiger partial charge in [0.25, 0.3) is 0 Å². The molecule has 0 spiro atoms. The van der Waals surface area contributed by atoms with Crippen LogP contribution >= 0.6 is 0 Å². The molecule has 4 heteroatoms. The summed E-state index contributed by atoms with van der Waals surface area (Å²) in [5.74, 6) is 0. The number of aromatic nitrogens is 1. The zero-order valence-electron chi connectivity index (χ0n) is 13.6. The average Bonchev–Trinajstić information content (AvgIpc) is 2.70. The first-order valence-corrected chi connectivity index (χ1v) is 8.04. The van der Waals surface area contributed by atoms with Crippen molar-refractivity contribution >= 4 is 12.2 Å². The Hall–Kier alpha value is -1.84. The maximum atomic E-state index is 12.4. The van der Waals surface area contributed by atoms with Crippen LogP contribution in [0.1, 0.15) is 52.1 Å². The Bertz CT molecular complexity index is 558. The molecule has 22 heavy (non-hydrogen) atoms. The normalized spacial score (nSPS) is 26.3. The van der Waals surface area contributed by atoms with E-state index in [9.17, 15) is 4.79 Å². The van der Waals surface area contributed by atoms with Crippen LogP contribution in [0.5, 0.6) is 0 Å². The predicted molar refractivity (Wildman–Crippen MR) is 86.3 cm³/mol. The second-order valence-electron chi connectivity index (χ2n) is 7.24. The number of pyridine rings is 1. The summed E-state index contributed by atoms with van der Waals surface area (Å²) >= 11 is 0. The molecule has 3 rings (SSSR count). The van der Waals surface area contributed by atoms with E-state index >= 15 is 0 Å². The van der Waals surface area contributed by atoms with E-state index in [1.807, 2.05) is 50.1 Å². The number of carbonyl (C=O) groups is 1. The van der Waals surface area contributed by atoms with Crippen molar-refractivity contribution in [3.8, 4) is 0 Å². The van der Waals surface area contributed by atoms with Crippen molar-refractivity contribution in [2.75, 3.05) is 0 Å². The lowest BCUT2D eigenvalue weighted by Crippen LogP contribution is -2.46. The van der Waals surface area contributed by atoms with E-state index in [1.165, 1.54) is 5.57 Å². The number of carbonyl (C=O) groups excluding carboxylic acids is 1. The van der Waals surface area contributed by atoms with Gasteiger partial charge < -0.3 is 9.64 Å². The molecule has 118 valence electrons. The van der Waals surface area contributed by atoms with Gasteiger partial charge in [0.05, 0.1) is 5.69 Å². The van der Waals surface area contributed by atoms with Gasteiger partial charge in [-0.15, -0.1) is 0 Å². The molecule has 2 aliphatic rings. The summed E-state index contributed by atoms with van der Waals surface area (Å²) in [7, 11) is 0. The Morgan fingerprint density at radius 1 is 1.27 bits per heavy atom. The van der Waals surface area contributed by atoms with Gasteiger partial charge in [0.15, 0.2) is 0 Å². The van der Waals surface area contributed by atoms with Crippen molar-refractivity contribution in [3.63, 3.8) is 0 Å². The number of hydrogen-bond donors (Lipinski definition) is 0. The van der Waals surface area contributed by atoms with Crippen LogP contribution in [-0.2, 0) is 4.74 Å². The first-order chi connectivity index (χ1) is 10.4. The Labute approximate surface area is 132 Å². The van der Waals surface area contributed by atoms with Gasteiger partial charge in [-0.1, -0.05) is 11.6 Å². The van der Waals surface area contributed by atoms with Crippen LogP contribution in [-0.4, -0.2) is 33.7 Å². The minimum absolute atomic E-state index is 0.156. The highest BCUT2D eigenvalue weighted by Crippen LogP contribution is 2.39. The molecule has 1 aromatic rings. The molecule has 2 bridgehead atoms. The van der Waals surface area contributed by atoms with Crippen molar-refractivity contribution in [1.82, 2.24) is 9.88 Å². The second kappa shape index (κ2) is 5.75. The van der Waals surface area contributed by atoms with E-state index in [0.717, 1.165) is 31.4 Å². The lowest BCUT2D eigenvalue weighted by molar-refractivity contribution is 0.0116. The van der Waals surface area contributed by atoms with Gasteiger partial charge in [0.1, 0.15) is 5.60 Å². The Balaban J connectivity index is 1.72. The Morgan fingerprint density at radius 3 is 2.50 bits per heavy atom. The fraction of sp³-hybridized carbons (Fsp3) is 0.556. The second-order valence-corrected chi connectivity index (χ2v) is 7.24. The van der Waals surface area contributed by atoms with E-state index in [1.54, 1.807) is 0 Å². The van der Waals surface area contributed by atoms with Crippen LogP contribution in [0.25, 0.3) is 6.08 Å². The lowest BCUT2D eigenvalue weighted by atomic mass is 9.96. The van der Waals surface area contributed by atoms with E-state index in [2.05, 4.69) is 11.1 Å². The summed E-state index contributed by atoms with van der Waals surface area (Å²) in [6, 6.07) is 6.52. The first-order valence-electron chi connectivity index (χ1n) is 8.04. The van der Waals surface area contributed by atoms with Crippen LogP contribution in [0.3, 0.4) is 0 Å². The predicted octanol–water partition coefficient (Wildman–Crippen LogP) is 4.03. The number of rotatable bonds is 1. The van der Waals surface area contributed by atoms with Gasteiger partial charge in [-0.2, -0.15) is 0 Å². The molecule has 0 aliphatic carbocycles. The van der Waals surface area contributed by atoms with Crippen LogP contribution in [0.4, 0.5) is 4.79 Å². The highest BCUT2D eigenvalue weighted by atomic mass is 16.6. The molecule has 0 radical (unpaired) electrons. The number of fused-ring (bicyclic) bond motifs is 2. The summed E-state index contributed by atoms with van der Waals surface area (Å²) in [5, 5.41) is 0. The average molecular weight is 300 g/mol. The van der Waals surface area contributed by atoms with Crippen LogP contribution in [0.2, 0.25) is 0 Å². The van der Waals surface area contributed by atoms with Gasteiger partial charge >= 0.3 is 6.09 Å². The molecule has 2 saturated heterocycles. The highest BCUT2D eigenvalue weighted by Gasteiger charge is 2.42. The molecular weight excluding hydrogens is 276 g/mol. The molecule has 1 aromatic heterocycles. The van der Waals surface area contributed by atoms with Crippen LogP contribution in [0.15, 0.2) is 30.0 Å². The monoisotopic (exact) mass is 300 g/mol. The number of hydrogen-bond acceptors (Lipinski definition) is 3. The van der Waals surface area contributed by atoms with E-state index in [-0.39, 0.29) is 18.2 Å². The minimum Gasteiger partial charge on any atom is -0.444 e. The molecule has 4 nitrogen and oxygen atoms in total. The van der Waals surface area contributed by atoms with Gasteiger partial charge in [0, 0.05) is 18.3 Å². The maximum Gasteiger partial charge on any atom is 0.410 e. The molecule has 2 fully saturated rings. The number of ether oxygens (including phenoxy) is 1. The Morgan fingerprint density at radius 2 is 1.95 bits per heavy atom. The molecule has 0 saturated carbocycles. The third-order valence-corrected chi connectivity index (χ3v) is 4.26. The molecule has 0 N–H and O–H groups in total. The van der Waals surface area contributed by atoms with E-state index in [0.29, 0.717) is 0 Å². The zero-order chi connectivity index (χ0) is 15.7. The third-order valence-electron chi connectivity index (χ3n) is 4.26. The molecule has 2 aliphatic heterocycles. The number of amides is 1. The van der Waals surface area contributed by atoms with Gasteiger partial charge in [-0.25, -0.2) is 4.79 Å². The maximum absolute atomic E-state index is 12.4. The van der Waals surface area contributed by atoms with Gasteiger partial charge in [0.2, 0.25) is 0 Å². The standard InChI is InChI=1S/C18H24N2O2/c1-18(2,3)22-17(21)20-15-7-8-16(20)12-13(11-15)10-14-6-4-5-9-19-14/h4-6,9-10,15-16H,7-8,11-12H2,1-3H3/t15-,16+. The fourth-order valence-corrected chi connectivity index (χ4v) is 3.45. The molecule has 2 atom stereocenters. The topological polar surface area (TPSA) is 42.4 Å². The van der Waals surface area contributed by atoms with Crippen molar-refractivity contribution in [2.45, 2.75) is 64.1 Å². The van der Waals surface area contributed by atoms with Crippen molar-refractivity contribution in [2.24, 2.45) is 0 Å². The summed E-state index contributed by atoms with van der Waals surface area (Å²) in [6.45, 7) is 5.76. The Kier molecular flexibility index (Phi) is 3.94. The van der Waals surface area contributed by atoms with Crippen LogP contribution in [0, 0.1) is 0 Å². The third kappa shape index (κ3) is 3.32. The highest BCUT2D eigenvalue weighted by molar-refractivity contribution is 5.70. The summed E-state index contributed by atoms with van der Waals surface area (Å²) < 4.78 is 5.57. The molecule has 3 heterocycles. The summed E-state index contributed by atoms with van der Waals surface area (Å²) in [5.41, 5.74) is 1.97. The minimum atomic E-state index is -0.430. The molecular formula is C18H24N2O2. The largest absolute Gasteiger partial charge is 0.444 e. The smallest absolute Gasteiger partial charge is 0.410 e. The lowest BCUT2D eigenvalue weighted by Gasteiger charge is -2.37. The molecule has 0 unspecified atom stereocenters. The van der Waals surface area contributed by atoms with Crippen LogP contribution < -0.4 is 0 Å². The number of piperidine rings is 1. The van der Waals surface area contributed by atoms with Crippen molar-refractivity contribution < 1.29 is 9.53 Å². The zero-order valence-corrected chi connectivity index (χ0v) is 13.6. The SMILES string of the molecule is CC(C)(C)OC(=O)N1[C@@H]2CC[C@H]1CC(=Cc1ccccn1)C2. The van der Waals surface area contributed by atoms with Gasteiger partial charge in [-0.05, 0) is 64.7 Å². The summed E-state index contributed by atoms with van der Waals surface area (Å²) in [4.78, 5) is 18.7. The van der Waals surface area contributed by atoms with Crippen molar-refractivity contribution in [1.29, 1.82) is 0 Å². The van der Waals surface area contributed by atoms with E-state index in [4.69, 9.17) is 4.74 Å². The van der Waals surface area contributed by atoms with E-state index < -0.39 is 5.60 Å². The first kappa shape index (κ1) is 15.1. The summed E-state index contributed by atoms with van der Waals surface area (Å²) in [6.07, 6.45) is 7.86. The van der Waals surface area contributed by atoms with Gasteiger partial charge in [-0.3, -0.25) is 4.98 Å². The van der Waals surface area contributed by atoms with Crippen molar-refractivity contribution in [3.05, 3.63) is 35.7 Å². The quantitative estimate of drug-likeness (QED) is 0.786.